The van der Waals surface area contributed by atoms with Crippen LogP contribution in [0.25, 0.3) is 22.8 Å². The molecule has 4 rings (SSSR count). The summed E-state index contributed by atoms with van der Waals surface area (Å²) in [6, 6.07) is 8.42. The van der Waals surface area contributed by atoms with Crippen molar-refractivity contribution in [2.45, 2.75) is 6.54 Å². The molecule has 4 aromatic heterocycles. The van der Waals surface area contributed by atoms with Crippen molar-refractivity contribution in [3.05, 3.63) is 70.7 Å². The number of aromatic nitrogens is 5. The van der Waals surface area contributed by atoms with Crippen LogP contribution in [0.3, 0.4) is 0 Å². The zero-order valence-corrected chi connectivity index (χ0v) is 17.4. The average molecular weight is 432 g/mol. The summed E-state index contributed by atoms with van der Waals surface area (Å²) < 4.78 is 6.76. The van der Waals surface area contributed by atoms with Crippen molar-refractivity contribution in [2.75, 3.05) is 18.1 Å². The van der Waals surface area contributed by atoms with Gasteiger partial charge >= 0.3 is 0 Å². The molecule has 0 saturated carbocycles. The third-order valence-corrected chi connectivity index (χ3v) is 4.62. The van der Waals surface area contributed by atoms with Crippen LogP contribution in [-0.4, -0.2) is 37.5 Å². The lowest BCUT2D eigenvalue weighted by Crippen LogP contribution is -2.26. The van der Waals surface area contributed by atoms with Gasteiger partial charge in [0.15, 0.2) is 17.2 Å². The van der Waals surface area contributed by atoms with E-state index >= 15 is 0 Å². The number of carbonyl (C=O) groups excluding carboxylic acids is 1. The maximum Gasteiger partial charge on any atom is 0.274 e. The lowest BCUT2D eigenvalue weighted by Gasteiger charge is -2.12. The van der Waals surface area contributed by atoms with Crippen molar-refractivity contribution in [3.63, 3.8) is 0 Å². The van der Waals surface area contributed by atoms with Crippen LogP contribution in [-0.2, 0) is 13.6 Å². The minimum atomic E-state index is -0.517. The molecule has 0 atom stereocenters. The molecule has 11 heteroatoms. The van der Waals surface area contributed by atoms with Crippen LogP contribution >= 0.6 is 0 Å². The number of aryl methyl sites for hydroxylation is 1. The summed E-state index contributed by atoms with van der Waals surface area (Å²) in [6.45, 7) is 0.173. The molecule has 0 bridgehead atoms. The van der Waals surface area contributed by atoms with Crippen molar-refractivity contribution >= 4 is 17.5 Å². The normalized spacial score (nSPS) is 10.7. The number of carbonyl (C=O) groups is 1. The van der Waals surface area contributed by atoms with Crippen molar-refractivity contribution in [1.82, 2.24) is 29.8 Å². The van der Waals surface area contributed by atoms with Gasteiger partial charge in [-0.15, -0.1) is 0 Å². The Hall–Kier alpha value is -4.54. The molecular formula is C21H20N8O3. The molecule has 4 N–H and O–H groups in total. The van der Waals surface area contributed by atoms with Crippen LogP contribution in [0.4, 0.5) is 11.6 Å². The highest BCUT2D eigenvalue weighted by molar-refractivity contribution is 5.97. The fraction of sp³-hybridized carbons (Fsp3) is 0.143. The minimum absolute atomic E-state index is 0.0612. The molecule has 0 unspecified atom stereocenters. The van der Waals surface area contributed by atoms with Gasteiger partial charge in [-0.25, -0.2) is 19.9 Å². The van der Waals surface area contributed by atoms with Crippen molar-refractivity contribution in [3.8, 4) is 22.8 Å². The average Bonchev–Trinajstić information content (AvgIpc) is 3.34. The first-order chi connectivity index (χ1) is 15.5. The first kappa shape index (κ1) is 20.7. The summed E-state index contributed by atoms with van der Waals surface area (Å²) in [6.07, 6.45) is 4.44. The number of amides is 1. The lowest BCUT2D eigenvalue weighted by molar-refractivity contribution is 0.0946. The molecule has 32 heavy (non-hydrogen) atoms. The Balaban J connectivity index is 1.71. The highest BCUT2D eigenvalue weighted by Gasteiger charge is 2.22. The Morgan fingerprint density at radius 1 is 1.16 bits per heavy atom. The number of rotatable bonds is 6. The van der Waals surface area contributed by atoms with Gasteiger partial charge in [-0.05, 0) is 18.2 Å². The molecule has 0 aliphatic rings. The van der Waals surface area contributed by atoms with Gasteiger partial charge in [0.1, 0.15) is 17.8 Å². The molecule has 11 nitrogen and oxygen atoms in total. The molecule has 0 aliphatic carbocycles. The van der Waals surface area contributed by atoms with Crippen LogP contribution in [0.5, 0.6) is 0 Å². The zero-order chi connectivity index (χ0) is 22.7. The van der Waals surface area contributed by atoms with Crippen molar-refractivity contribution in [1.29, 1.82) is 0 Å². The van der Waals surface area contributed by atoms with E-state index in [1.807, 2.05) is 12.1 Å². The molecular weight excluding hydrogens is 412 g/mol. The number of nitrogen functional groups attached to an aromatic ring is 1. The van der Waals surface area contributed by atoms with E-state index in [1.54, 1.807) is 32.4 Å². The maximum atomic E-state index is 12.9. The predicted octanol–water partition coefficient (Wildman–Crippen LogP) is 1.45. The molecule has 162 valence electrons. The predicted molar refractivity (Wildman–Crippen MR) is 118 cm³/mol. The number of hydrogen-bond acceptors (Lipinski definition) is 9. The first-order valence-electron chi connectivity index (χ1n) is 9.62. The Labute approximate surface area is 182 Å². The van der Waals surface area contributed by atoms with Gasteiger partial charge in [0.25, 0.3) is 5.91 Å². The molecule has 0 fully saturated rings. The number of pyridine rings is 2. The van der Waals surface area contributed by atoms with E-state index in [0.29, 0.717) is 22.8 Å². The smallest absolute Gasteiger partial charge is 0.274 e. The SMILES string of the molecule is CNc1cccc(CNC(=O)c2nc(-c3ccc(=O)n(C)c3)c(-c3ncco3)nc2N)n1. The molecule has 0 aromatic carbocycles. The summed E-state index contributed by atoms with van der Waals surface area (Å²) in [7, 11) is 3.37. The molecule has 0 radical (unpaired) electrons. The number of nitrogens with zero attached hydrogens (tertiary/aromatic N) is 5. The number of nitrogens with one attached hydrogen (secondary N) is 2. The monoisotopic (exact) mass is 432 g/mol. The van der Waals surface area contributed by atoms with E-state index in [4.69, 9.17) is 10.2 Å². The van der Waals surface area contributed by atoms with E-state index in [1.165, 1.54) is 23.1 Å². The van der Waals surface area contributed by atoms with Gasteiger partial charge in [-0.3, -0.25) is 9.59 Å². The molecule has 0 aliphatic heterocycles. The van der Waals surface area contributed by atoms with E-state index in [9.17, 15) is 9.59 Å². The quantitative estimate of drug-likeness (QED) is 0.410. The van der Waals surface area contributed by atoms with Gasteiger partial charge in [-0.2, -0.15) is 0 Å². The fourth-order valence-corrected chi connectivity index (χ4v) is 3.01. The number of nitrogens with two attached hydrogens (primary N) is 1. The van der Waals surface area contributed by atoms with E-state index in [-0.39, 0.29) is 35.2 Å². The van der Waals surface area contributed by atoms with E-state index in [2.05, 4.69) is 30.6 Å². The Kier molecular flexibility index (Phi) is 5.62. The Bertz CT molecular complexity index is 1330. The lowest BCUT2D eigenvalue weighted by atomic mass is 10.1. The molecule has 4 aromatic rings. The van der Waals surface area contributed by atoms with Gasteiger partial charge in [0.05, 0.1) is 18.4 Å². The summed E-state index contributed by atoms with van der Waals surface area (Å²) in [5, 5.41) is 5.70. The summed E-state index contributed by atoms with van der Waals surface area (Å²) in [5.41, 5.74) is 7.57. The van der Waals surface area contributed by atoms with Crippen molar-refractivity contribution < 1.29 is 9.21 Å². The van der Waals surface area contributed by atoms with Crippen LogP contribution in [0.2, 0.25) is 0 Å². The van der Waals surface area contributed by atoms with Gasteiger partial charge in [-0.1, -0.05) is 6.07 Å². The molecule has 0 saturated heterocycles. The van der Waals surface area contributed by atoms with Crippen molar-refractivity contribution in [2.24, 2.45) is 7.05 Å². The minimum Gasteiger partial charge on any atom is -0.443 e. The molecule has 1 amide bonds. The summed E-state index contributed by atoms with van der Waals surface area (Å²) in [5.74, 6) is 0.273. The molecule has 4 heterocycles. The second-order valence-corrected chi connectivity index (χ2v) is 6.81. The largest absolute Gasteiger partial charge is 0.443 e. The third-order valence-electron chi connectivity index (χ3n) is 4.62. The second-order valence-electron chi connectivity index (χ2n) is 6.81. The standard InChI is InChI=1S/C21H20N8O3/c1-23-14-5-3-4-13(26-14)10-25-20(31)18-19(22)28-17(21-24-8-9-32-21)16(27-18)12-6-7-15(30)29(2)11-12/h3-9,11H,10H2,1-2H3,(H2,22,28)(H,23,26)(H,25,31). The van der Waals surface area contributed by atoms with E-state index < -0.39 is 5.91 Å². The third kappa shape index (κ3) is 4.17. The maximum absolute atomic E-state index is 12.9. The first-order valence-corrected chi connectivity index (χ1v) is 9.62. The second kappa shape index (κ2) is 8.68. The molecule has 0 spiro atoms. The van der Waals surface area contributed by atoms with Crippen LogP contribution in [0, 0.1) is 0 Å². The van der Waals surface area contributed by atoms with Gasteiger partial charge < -0.3 is 25.4 Å². The Morgan fingerprint density at radius 3 is 2.72 bits per heavy atom. The summed E-state index contributed by atoms with van der Waals surface area (Å²) >= 11 is 0. The van der Waals surface area contributed by atoms with E-state index in [0.717, 1.165) is 0 Å². The van der Waals surface area contributed by atoms with Crippen LogP contribution < -0.4 is 21.9 Å². The fourth-order valence-electron chi connectivity index (χ4n) is 3.01. The van der Waals surface area contributed by atoms with Gasteiger partial charge in [0, 0.05) is 31.9 Å². The zero-order valence-electron chi connectivity index (χ0n) is 17.4. The van der Waals surface area contributed by atoms with Crippen LogP contribution in [0.1, 0.15) is 16.2 Å². The summed E-state index contributed by atoms with van der Waals surface area (Å²) in [4.78, 5) is 42.0. The number of hydrogen-bond donors (Lipinski definition) is 3. The van der Waals surface area contributed by atoms with Crippen LogP contribution in [0.15, 0.2) is 58.2 Å². The Morgan fingerprint density at radius 2 is 2.00 bits per heavy atom. The number of anilines is 2. The topological polar surface area (TPSA) is 154 Å². The van der Waals surface area contributed by atoms with Gasteiger partial charge in [0.2, 0.25) is 11.4 Å². The highest BCUT2D eigenvalue weighted by Crippen LogP contribution is 2.29. The number of oxazole rings is 1. The highest BCUT2D eigenvalue weighted by atomic mass is 16.3.